The van der Waals surface area contributed by atoms with Gasteiger partial charge in [0, 0.05) is 25.0 Å². The highest BCUT2D eigenvalue weighted by atomic mass is 19.4. The molecule has 0 aliphatic carbocycles. The third kappa shape index (κ3) is 4.88. The summed E-state index contributed by atoms with van der Waals surface area (Å²) in [5.41, 5.74) is -0.227. The van der Waals surface area contributed by atoms with E-state index in [2.05, 4.69) is 10.1 Å². The van der Waals surface area contributed by atoms with Crippen LogP contribution >= 0.6 is 0 Å². The van der Waals surface area contributed by atoms with Gasteiger partial charge in [0.1, 0.15) is 0 Å². The fourth-order valence-electron chi connectivity index (χ4n) is 2.01. The summed E-state index contributed by atoms with van der Waals surface area (Å²) in [5, 5.41) is 12.6. The number of pyridine rings is 1. The van der Waals surface area contributed by atoms with Gasteiger partial charge < -0.3 is 5.11 Å². The minimum absolute atomic E-state index is 0.473. The standard InChI is InChI=1S/C9H8FN3.C8H5F3O2/c1-13-5-4-8(12-13)7-2-3-9(10)11-6-7;9-8(10,11)6-4-2-1-3-5(6)7(12)13/h2-6H,1H3;1-4H,(H,12,13). The smallest absolute Gasteiger partial charge is 0.417 e. The molecule has 0 atom stereocenters. The molecule has 3 rings (SSSR count). The molecule has 9 heteroatoms. The lowest BCUT2D eigenvalue weighted by molar-refractivity contribution is -0.138. The number of carboxylic acids is 1. The zero-order valence-electron chi connectivity index (χ0n) is 13.4. The summed E-state index contributed by atoms with van der Waals surface area (Å²) in [5.74, 6) is -2.05. The zero-order valence-corrected chi connectivity index (χ0v) is 13.4. The molecule has 1 N–H and O–H groups in total. The second-order valence-electron chi connectivity index (χ2n) is 5.09. The van der Waals surface area contributed by atoms with E-state index in [4.69, 9.17) is 5.11 Å². The second-order valence-corrected chi connectivity index (χ2v) is 5.09. The summed E-state index contributed by atoms with van der Waals surface area (Å²) in [6.07, 6.45) is -1.31. The van der Waals surface area contributed by atoms with Gasteiger partial charge in [-0.25, -0.2) is 9.78 Å². The van der Waals surface area contributed by atoms with Gasteiger partial charge in [0.2, 0.25) is 5.95 Å². The lowest BCUT2D eigenvalue weighted by Gasteiger charge is -2.08. The second kappa shape index (κ2) is 7.77. The van der Waals surface area contributed by atoms with Crippen LogP contribution in [0.3, 0.4) is 0 Å². The number of carboxylic acid groups (broad SMARTS) is 1. The van der Waals surface area contributed by atoms with Crippen LogP contribution in [0.15, 0.2) is 54.9 Å². The number of rotatable bonds is 2. The van der Waals surface area contributed by atoms with Crippen LogP contribution < -0.4 is 0 Å². The number of carbonyl (C=O) groups is 1. The number of benzene rings is 1. The summed E-state index contributed by atoms with van der Waals surface area (Å²) in [6.45, 7) is 0. The summed E-state index contributed by atoms with van der Waals surface area (Å²) in [6, 6.07) is 8.90. The van der Waals surface area contributed by atoms with Crippen molar-refractivity contribution >= 4 is 5.97 Å². The first kappa shape index (κ1) is 19.1. The third-order valence-corrected chi connectivity index (χ3v) is 3.20. The minimum Gasteiger partial charge on any atom is -0.478 e. The molecule has 26 heavy (non-hydrogen) atoms. The van der Waals surface area contributed by atoms with Gasteiger partial charge in [0.25, 0.3) is 0 Å². The van der Waals surface area contributed by atoms with Crippen molar-refractivity contribution in [2.45, 2.75) is 6.18 Å². The van der Waals surface area contributed by atoms with Gasteiger partial charge in [-0.05, 0) is 30.3 Å². The number of aromatic nitrogens is 3. The molecule has 0 aliphatic heterocycles. The monoisotopic (exact) mass is 367 g/mol. The molecule has 2 aromatic heterocycles. The number of hydrogen-bond donors (Lipinski definition) is 1. The Morgan fingerprint density at radius 2 is 1.81 bits per heavy atom. The van der Waals surface area contributed by atoms with Gasteiger partial charge in [-0.3, -0.25) is 4.68 Å². The molecule has 0 bridgehead atoms. The molecule has 0 spiro atoms. The topological polar surface area (TPSA) is 68.0 Å². The third-order valence-electron chi connectivity index (χ3n) is 3.20. The number of nitrogens with zero attached hydrogens (tertiary/aromatic N) is 3. The fraction of sp³-hybridized carbons (Fsp3) is 0.118. The Balaban J connectivity index is 0.000000187. The number of halogens is 4. The SMILES string of the molecule is Cn1ccc(-c2ccc(F)nc2)n1.O=C(O)c1ccccc1C(F)(F)F. The fourth-order valence-corrected chi connectivity index (χ4v) is 2.01. The van der Waals surface area contributed by atoms with Crippen molar-refractivity contribution in [2.75, 3.05) is 0 Å². The van der Waals surface area contributed by atoms with Crippen LogP contribution in [0.25, 0.3) is 11.3 Å². The van der Waals surface area contributed by atoms with Gasteiger partial charge in [-0.2, -0.15) is 22.7 Å². The van der Waals surface area contributed by atoms with Crippen LogP contribution in [0.5, 0.6) is 0 Å². The van der Waals surface area contributed by atoms with E-state index in [1.165, 1.54) is 18.3 Å². The number of hydrogen-bond acceptors (Lipinski definition) is 3. The summed E-state index contributed by atoms with van der Waals surface area (Å²) in [4.78, 5) is 13.9. The van der Waals surface area contributed by atoms with Crippen LogP contribution in [-0.4, -0.2) is 25.8 Å². The average molecular weight is 367 g/mol. The van der Waals surface area contributed by atoms with Crippen LogP contribution in [0.1, 0.15) is 15.9 Å². The van der Waals surface area contributed by atoms with E-state index in [-0.39, 0.29) is 0 Å². The summed E-state index contributed by atoms with van der Waals surface area (Å²) < 4.78 is 50.6. The Bertz CT molecular complexity index is 890. The molecule has 0 aliphatic rings. The highest BCUT2D eigenvalue weighted by molar-refractivity contribution is 5.89. The molecule has 0 saturated heterocycles. The lowest BCUT2D eigenvalue weighted by Crippen LogP contribution is -2.12. The van der Waals surface area contributed by atoms with Crippen molar-refractivity contribution in [2.24, 2.45) is 7.05 Å². The maximum Gasteiger partial charge on any atom is 0.417 e. The van der Waals surface area contributed by atoms with Gasteiger partial charge in [-0.1, -0.05) is 12.1 Å². The van der Waals surface area contributed by atoms with E-state index in [0.717, 1.165) is 29.5 Å². The maximum absolute atomic E-state index is 12.5. The Morgan fingerprint density at radius 3 is 2.27 bits per heavy atom. The highest BCUT2D eigenvalue weighted by Crippen LogP contribution is 2.31. The van der Waals surface area contributed by atoms with Crippen LogP contribution in [0.2, 0.25) is 0 Å². The van der Waals surface area contributed by atoms with E-state index in [0.29, 0.717) is 0 Å². The molecule has 3 aromatic rings. The highest BCUT2D eigenvalue weighted by Gasteiger charge is 2.34. The maximum atomic E-state index is 12.5. The minimum atomic E-state index is -4.62. The van der Waals surface area contributed by atoms with E-state index in [1.807, 2.05) is 19.3 Å². The van der Waals surface area contributed by atoms with Gasteiger partial charge in [0.05, 0.1) is 16.8 Å². The Labute approximate surface area is 145 Å². The van der Waals surface area contributed by atoms with Crippen LogP contribution in [0.4, 0.5) is 17.6 Å². The molecule has 5 nitrogen and oxygen atoms in total. The van der Waals surface area contributed by atoms with Crippen LogP contribution in [0, 0.1) is 5.95 Å². The van der Waals surface area contributed by atoms with Crippen molar-refractivity contribution in [1.82, 2.24) is 14.8 Å². The van der Waals surface area contributed by atoms with Crippen molar-refractivity contribution in [1.29, 1.82) is 0 Å². The lowest BCUT2D eigenvalue weighted by atomic mass is 10.1. The Morgan fingerprint density at radius 1 is 1.12 bits per heavy atom. The van der Waals surface area contributed by atoms with Crippen molar-refractivity contribution in [3.63, 3.8) is 0 Å². The van der Waals surface area contributed by atoms with Gasteiger partial charge in [0.15, 0.2) is 0 Å². The van der Waals surface area contributed by atoms with Crippen LogP contribution in [-0.2, 0) is 13.2 Å². The van der Waals surface area contributed by atoms with E-state index >= 15 is 0 Å². The predicted molar refractivity (Wildman–Crippen MR) is 84.8 cm³/mol. The quantitative estimate of drug-likeness (QED) is 0.549. The summed E-state index contributed by atoms with van der Waals surface area (Å²) in [7, 11) is 1.83. The molecule has 0 fully saturated rings. The van der Waals surface area contributed by atoms with Crippen molar-refractivity contribution in [3.05, 3.63) is 71.9 Å². The normalized spacial score (nSPS) is 10.8. The Hall–Kier alpha value is -3.23. The first-order valence-electron chi connectivity index (χ1n) is 7.19. The zero-order chi connectivity index (χ0) is 19.3. The van der Waals surface area contributed by atoms with E-state index in [1.54, 1.807) is 10.7 Å². The molecule has 0 radical (unpaired) electrons. The molecule has 136 valence electrons. The molecule has 0 unspecified atom stereocenters. The average Bonchev–Trinajstić information content (AvgIpc) is 3.02. The first-order valence-corrected chi connectivity index (χ1v) is 7.19. The molecule has 0 amide bonds. The first-order chi connectivity index (χ1) is 12.2. The molecule has 2 heterocycles. The van der Waals surface area contributed by atoms with Crippen molar-refractivity contribution < 1.29 is 27.5 Å². The van der Waals surface area contributed by atoms with Gasteiger partial charge in [-0.15, -0.1) is 0 Å². The number of aromatic carboxylic acids is 1. The van der Waals surface area contributed by atoms with E-state index in [9.17, 15) is 22.4 Å². The van der Waals surface area contributed by atoms with Gasteiger partial charge >= 0.3 is 12.1 Å². The van der Waals surface area contributed by atoms with E-state index < -0.39 is 29.2 Å². The molecular formula is C17H13F4N3O2. The molecule has 0 saturated carbocycles. The van der Waals surface area contributed by atoms with Crippen molar-refractivity contribution in [3.8, 4) is 11.3 Å². The Kier molecular flexibility index (Phi) is 5.71. The number of aryl methyl sites for hydroxylation is 1. The largest absolute Gasteiger partial charge is 0.478 e. The number of alkyl halides is 3. The summed E-state index contributed by atoms with van der Waals surface area (Å²) >= 11 is 0. The molecular weight excluding hydrogens is 354 g/mol. The predicted octanol–water partition coefficient (Wildman–Crippen LogP) is 4.02. The molecule has 1 aromatic carbocycles.